The van der Waals surface area contributed by atoms with Crippen molar-refractivity contribution in [3.8, 4) is 11.5 Å². The zero-order valence-electron chi connectivity index (χ0n) is 14.0. The molecule has 2 N–H and O–H groups in total. The van der Waals surface area contributed by atoms with Gasteiger partial charge in [-0.3, -0.25) is 9.59 Å². The number of rotatable bonds is 9. The third-order valence-electron chi connectivity index (χ3n) is 3.53. The van der Waals surface area contributed by atoms with E-state index in [2.05, 4.69) is 5.32 Å². The van der Waals surface area contributed by atoms with E-state index in [0.717, 1.165) is 5.56 Å². The van der Waals surface area contributed by atoms with Gasteiger partial charge in [-0.25, -0.2) is 0 Å². The molecule has 2 aromatic carbocycles. The smallest absolute Gasteiger partial charge is 0.303 e. The summed E-state index contributed by atoms with van der Waals surface area (Å²) < 4.78 is 10.5. The zero-order chi connectivity index (χ0) is 18.1. The van der Waals surface area contributed by atoms with Gasteiger partial charge in [0.05, 0.1) is 13.7 Å². The molecule has 0 bridgehead atoms. The Kier molecular flexibility index (Phi) is 6.83. The van der Waals surface area contributed by atoms with Crippen LogP contribution in [0.2, 0.25) is 0 Å². The highest BCUT2D eigenvalue weighted by Crippen LogP contribution is 2.14. The van der Waals surface area contributed by atoms with Crippen LogP contribution in [-0.2, 0) is 11.3 Å². The molecule has 2 rings (SSSR count). The maximum Gasteiger partial charge on any atom is 0.303 e. The van der Waals surface area contributed by atoms with E-state index in [4.69, 9.17) is 14.6 Å². The minimum atomic E-state index is -0.827. The molecule has 0 atom stereocenters. The first-order valence-corrected chi connectivity index (χ1v) is 7.94. The summed E-state index contributed by atoms with van der Waals surface area (Å²) in [5.41, 5.74) is 1.51. The van der Waals surface area contributed by atoms with Crippen molar-refractivity contribution in [1.82, 2.24) is 5.32 Å². The molecule has 0 saturated heterocycles. The third kappa shape index (κ3) is 6.18. The molecule has 0 spiro atoms. The first-order chi connectivity index (χ1) is 12.1. The Hall–Kier alpha value is -3.02. The van der Waals surface area contributed by atoms with Crippen molar-refractivity contribution in [3.05, 3.63) is 59.7 Å². The van der Waals surface area contributed by atoms with E-state index in [-0.39, 0.29) is 12.3 Å². The maximum atomic E-state index is 12.1. The van der Waals surface area contributed by atoms with Crippen LogP contribution < -0.4 is 14.8 Å². The minimum absolute atomic E-state index is 0.0927. The molecule has 0 fully saturated rings. The standard InChI is InChI=1S/C19H21NO5/c1-24-16-10-6-15(7-11-16)19(23)20-13-14-4-8-17(9-5-14)25-12-2-3-18(21)22/h4-11H,2-3,12-13H2,1H3,(H,20,23)(H,21,22). The van der Waals surface area contributed by atoms with Crippen LogP contribution in [0.4, 0.5) is 0 Å². The fraction of sp³-hybridized carbons (Fsp3) is 0.263. The van der Waals surface area contributed by atoms with E-state index in [9.17, 15) is 9.59 Å². The van der Waals surface area contributed by atoms with Gasteiger partial charge in [-0.2, -0.15) is 0 Å². The van der Waals surface area contributed by atoms with Gasteiger partial charge in [-0.15, -0.1) is 0 Å². The summed E-state index contributed by atoms with van der Waals surface area (Å²) >= 11 is 0. The van der Waals surface area contributed by atoms with Gasteiger partial charge >= 0.3 is 5.97 Å². The number of carbonyl (C=O) groups excluding carboxylic acids is 1. The van der Waals surface area contributed by atoms with Crippen molar-refractivity contribution < 1.29 is 24.2 Å². The van der Waals surface area contributed by atoms with Crippen LogP contribution in [-0.4, -0.2) is 30.7 Å². The van der Waals surface area contributed by atoms with Gasteiger partial charge in [0.15, 0.2) is 0 Å². The number of carboxylic acids is 1. The van der Waals surface area contributed by atoms with Gasteiger partial charge in [-0.05, 0) is 48.4 Å². The Morgan fingerprint density at radius 1 is 1.00 bits per heavy atom. The summed E-state index contributed by atoms with van der Waals surface area (Å²) in [7, 11) is 1.58. The maximum absolute atomic E-state index is 12.1. The molecule has 0 aliphatic carbocycles. The van der Waals surface area contributed by atoms with Crippen LogP contribution in [0.15, 0.2) is 48.5 Å². The summed E-state index contributed by atoms with van der Waals surface area (Å²) in [6.45, 7) is 0.768. The van der Waals surface area contributed by atoms with Crippen LogP contribution in [0.1, 0.15) is 28.8 Å². The molecule has 0 saturated carbocycles. The fourth-order valence-electron chi connectivity index (χ4n) is 2.14. The van der Waals surface area contributed by atoms with Crippen molar-refractivity contribution in [1.29, 1.82) is 0 Å². The van der Waals surface area contributed by atoms with Crippen molar-refractivity contribution in [2.24, 2.45) is 0 Å². The monoisotopic (exact) mass is 343 g/mol. The lowest BCUT2D eigenvalue weighted by Crippen LogP contribution is -2.22. The molecule has 132 valence electrons. The molecule has 0 heterocycles. The number of carboxylic acid groups (broad SMARTS) is 1. The van der Waals surface area contributed by atoms with Crippen LogP contribution in [0.3, 0.4) is 0 Å². The molecule has 0 aromatic heterocycles. The highest BCUT2D eigenvalue weighted by atomic mass is 16.5. The average molecular weight is 343 g/mol. The second kappa shape index (κ2) is 9.32. The number of ether oxygens (including phenoxy) is 2. The zero-order valence-corrected chi connectivity index (χ0v) is 14.0. The Morgan fingerprint density at radius 2 is 1.64 bits per heavy atom. The first-order valence-electron chi connectivity index (χ1n) is 7.94. The van der Waals surface area contributed by atoms with Gasteiger partial charge < -0.3 is 19.9 Å². The lowest BCUT2D eigenvalue weighted by Gasteiger charge is -2.08. The Morgan fingerprint density at radius 3 is 2.24 bits per heavy atom. The van der Waals surface area contributed by atoms with Crippen molar-refractivity contribution in [2.45, 2.75) is 19.4 Å². The molecule has 6 heteroatoms. The Labute approximate surface area is 146 Å². The molecular formula is C19H21NO5. The van der Waals surface area contributed by atoms with Gasteiger partial charge in [0.25, 0.3) is 5.91 Å². The number of benzene rings is 2. The summed E-state index contributed by atoms with van der Waals surface area (Å²) in [4.78, 5) is 22.5. The lowest BCUT2D eigenvalue weighted by molar-refractivity contribution is -0.137. The molecule has 0 aliphatic heterocycles. The number of carbonyl (C=O) groups is 2. The van der Waals surface area contributed by atoms with Gasteiger partial charge in [-0.1, -0.05) is 12.1 Å². The molecule has 0 unspecified atom stereocenters. The van der Waals surface area contributed by atoms with Crippen molar-refractivity contribution in [2.75, 3.05) is 13.7 Å². The fourth-order valence-corrected chi connectivity index (χ4v) is 2.14. The molecule has 6 nitrogen and oxygen atoms in total. The van der Waals surface area contributed by atoms with Crippen molar-refractivity contribution in [3.63, 3.8) is 0 Å². The molecule has 0 aliphatic rings. The van der Waals surface area contributed by atoms with E-state index in [1.807, 2.05) is 12.1 Å². The van der Waals surface area contributed by atoms with Crippen molar-refractivity contribution >= 4 is 11.9 Å². The molecule has 25 heavy (non-hydrogen) atoms. The molecule has 0 radical (unpaired) electrons. The van der Waals surface area contributed by atoms with E-state index in [1.54, 1.807) is 43.5 Å². The Bertz CT molecular complexity index is 695. The molecule has 1 amide bonds. The highest BCUT2D eigenvalue weighted by Gasteiger charge is 2.05. The second-order valence-corrected chi connectivity index (χ2v) is 5.40. The largest absolute Gasteiger partial charge is 0.497 e. The second-order valence-electron chi connectivity index (χ2n) is 5.40. The predicted octanol–water partition coefficient (Wildman–Crippen LogP) is 2.87. The van der Waals surface area contributed by atoms with Gasteiger partial charge in [0.1, 0.15) is 11.5 Å². The first kappa shape index (κ1) is 18.3. The summed E-state index contributed by atoms with van der Waals surface area (Å²) in [5, 5.41) is 11.4. The number of amides is 1. The number of methoxy groups -OCH3 is 1. The molecule has 2 aromatic rings. The van der Waals surface area contributed by atoms with Crippen LogP contribution in [0.5, 0.6) is 11.5 Å². The van der Waals surface area contributed by atoms with E-state index in [1.165, 1.54) is 0 Å². The van der Waals surface area contributed by atoms with Crippen LogP contribution >= 0.6 is 0 Å². The lowest BCUT2D eigenvalue weighted by atomic mass is 10.2. The predicted molar refractivity (Wildman–Crippen MR) is 93.0 cm³/mol. The highest BCUT2D eigenvalue weighted by molar-refractivity contribution is 5.94. The van der Waals surface area contributed by atoms with E-state index >= 15 is 0 Å². The summed E-state index contributed by atoms with van der Waals surface area (Å²) in [5.74, 6) is 0.398. The quantitative estimate of drug-likeness (QED) is 0.684. The normalized spacial score (nSPS) is 10.1. The average Bonchev–Trinajstić information content (AvgIpc) is 2.64. The molecular weight excluding hydrogens is 322 g/mol. The van der Waals surface area contributed by atoms with Gasteiger partial charge in [0, 0.05) is 18.5 Å². The van der Waals surface area contributed by atoms with Gasteiger partial charge in [0.2, 0.25) is 0 Å². The minimum Gasteiger partial charge on any atom is -0.497 e. The number of aliphatic carboxylic acids is 1. The Balaban J connectivity index is 1.78. The number of nitrogens with one attached hydrogen (secondary N) is 1. The topological polar surface area (TPSA) is 84.9 Å². The summed E-state index contributed by atoms with van der Waals surface area (Å²) in [6, 6.07) is 14.2. The van der Waals surface area contributed by atoms with Crippen LogP contribution in [0.25, 0.3) is 0 Å². The number of hydrogen-bond acceptors (Lipinski definition) is 4. The van der Waals surface area contributed by atoms with E-state index in [0.29, 0.717) is 36.6 Å². The number of hydrogen-bond donors (Lipinski definition) is 2. The van der Waals surface area contributed by atoms with E-state index < -0.39 is 5.97 Å². The third-order valence-corrected chi connectivity index (χ3v) is 3.53. The van der Waals surface area contributed by atoms with Crippen LogP contribution in [0, 0.1) is 0 Å². The SMILES string of the molecule is COc1ccc(C(=O)NCc2ccc(OCCCC(=O)O)cc2)cc1. The summed E-state index contributed by atoms with van der Waals surface area (Å²) in [6.07, 6.45) is 0.560.